The fraction of sp³-hybridized carbons (Fsp3) is 0.250. The molecule has 150 valence electrons. The average molecular weight is 401 g/mol. The summed E-state index contributed by atoms with van der Waals surface area (Å²) in [5, 5.41) is 3.15. The van der Waals surface area contributed by atoms with Crippen molar-refractivity contribution >= 4 is 11.7 Å². The normalized spacial score (nSPS) is 13.2. The van der Waals surface area contributed by atoms with Gasteiger partial charge < -0.3 is 16.0 Å². The van der Waals surface area contributed by atoms with Crippen LogP contribution in [0.25, 0.3) is 22.6 Å². The van der Waals surface area contributed by atoms with Crippen LogP contribution in [0.15, 0.2) is 30.6 Å². The van der Waals surface area contributed by atoms with Crippen LogP contribution in [0.1, 0.15) is 34.0 Å². The Morgan fingerprint density at radius 2 is 2.03 bits per heavy atom. The van der Waals surface area contributed by atoms with Crippen molar-refractivity contribution in [2.45, 2.75) is 25.9 Å². The Bertz CT molecular complexity index is 1100. The van der Waals surface area contributed by atoms with Crippen LogP contribution >= 0.6 is 0 Å². The summed E-state index contributed by atoms with van der Waals surface area (Å²) in [5.41, 5.74) is 8.09. The maximum absolute atomic E-state index is 13.3. The number of H-pyrrole nitrogens is 1. The zero-order valence-corrected chi connectivity index (χ0v) is 15.5. The standard InChI is InChI=1S/C20H18F3N5O/c1-2-10-3-4-11(20(21,22)23)7-13(10)16-14(18(24)29)8-15(28-16)17-12-5-6-25-19(12)27-9-26-17/h3-4,7-9,28H,2,5-6H2,1H3,(H2,24,29)(H,25,26,27). The number of amides is 1. The third-order valence-corrected chi connectivity index (χ3v) is 5.04. The first-order chi connectivity index (χ1) is 13.8. The molecule has 0 unspecified atom stereocenters. The molecule has 1 aromatic carbocycles. The first kappa shape index (κ1) is 19.0. The second-order valence-corrected chi connectivity index (χ2v) is 6.79. The molecule has 0 bridgehead atoms. The number of carbonyl (C=O) groups excluding carboxylic acids is 1. The highest BCUT2D eigenvalue weighted by Gasteiger charge is 2.32. The quantitative estimate of drug-likeness (QED) is 0.620. The molecule has 9 heteroatoms. The molecule has 3 aromatic rings. The summed E-state index contributed by atoms with van der Waals surface area (Å²) in [6.07, 6.45) is -1.90. The molecule has 3 heterocycles. The zero-order valence-electron chi connectivity index (χ0n) is 15.5. The Morgan fingerprint density at radius 3 is 2.72 bits per heavy atom. The lowest BCUT2D eigenvalue weighted by molar-refractivity contribution is -0.137. The number of fused-ring (bicyclic) bond motifs is 1. The van der Waals surface area contributed by atoms with Crippen molar-refractivity contribution in [3.63, 3.8) is 0 Å². The first-order valence-corrected chi connectivity index (χ1v) is 9.11. The van der Waals surface area contributed by atoms with Gasteiger partial charge in [-0.05, 0) is 36.6 Å². The minimum Gasteiger partial charge on any atom is -0.369 e. The molecule has 1 aliphatic heterocycles. The number of aromatic amines is 1. The van der Waals surface area contributed by atoms with Crippen LogP contribution in [0.3, 0.4) is 0 Å². The zero-order chi connectivity index (χ0) is 20.8. The molecular formula is C20H18F3N5O. The molecule has 4 rings (SSSR count). The summed E-state index contributed by atoms with van der Waals surface area (Å²) in [4.78, 5) is 23.7. The number of benzene rings is 1. The van der Waals surface area contributed by atoms with Crippen LogP contribution in [0.4, 0.5) is 19.0 Å². The minimum atomic E-state index is -4.50. The molecule has 0 radical (unpaired) electrons. The number of anilines is 1. The van der Waals surface area contributed by atoms with Crippen molar-refractivity contribution in [2.75, 3.05) is 11.9 Å². The number of aromatic nitrogens is 3. The molecule has 4 N–H and O–H groups in total. The van der Waals surface area contributed by atoms with E-state index < -0.39 is 17.6 Å². The van der Waals surface area contributed by atoms with Crippen molar-refractivity contribution in [3.05, 3.63) is 52.8 Å². The predicted octanol–water partition coefficient (Wildman–Crippen LogP) is 3.79. The maximum Gasteiger partial charge on any atom is 0.416 e. The second kappa shape index (κ2) is 6.91. The van der Waals surface area contributed by atoms with Gasteiger partial charge in [0.25, 0.3) is 5.91 Å². The summed E-state index contributed by atoms with van der Waals surface area (Å²) >= 11 is 0. The van der Waals surface area contributed by atoms with Gasteiger partial charge in [-0.25, -0.2) is 9.97 Å². The Labute approximate surface area is 164 Å². The van der Waals surface area contributed by atoms with Crippen LogP contribution in [-0.2, 0) is 19.0 Å². The highest BCUT2D eigenvalue weighted by atomic mass is 19.4. The van der Waals surface area contributed by atoms with Gasteiger partial charge in [-0.1, -0.05) is 13.0 Å². The number of primary amides is 1. The lowest BCUT2D eigenvalue weighted by atomic mass is 9.97. The molecule has 0 aliphatic carbocycles. The van der Waals surface area contributed by atoms with E-state index in [2.05, 4.69) is 20.3 Å². The minimum absolute atomic E-state index is 0.118. The number of halogens is 3. The fourth-order valence-electron chi connectivity index (χ4n) is 3.62. The number of nitrogens with zero attached hydrogens (tertiary/aromatic N) is 2. The van der Waals surface area contributed by atoms with Crippen molar-refractivity contribution in [1.82, 2.24) is 15.0 Å². The predicted molar refractivity (Wildman–Crippen MR) is 102 cm³/mol. The smallest absolute Gasteiger partial charge is 0.369 e. The Morgan fingerprint density at radius 1 is 1.24 bits per heavy atom. The molecule has 0 atom stereocenters. The number of alkyl halides is 3. The van der Waals surface area contributed by atoms with Crippen molar-refractivity contribution in [2.24, 2.45) is 5.73 Å². The van der Waals surface area contributed by atoms with Crippen LogP contribution in [0.2, 0.25) is 0 Å². The van der Waals surface area contributed by atoms with Gasteiger partial charge in [0.1, 0.15) is 12.1 Å². The van der Waals surface area contributed by atoms with E-state index in [1.807, 2.05) is 6.92 Å². The summed E-state index contributed by atoms with van der Waals surface area (Å²) in [6, 6.07) is 5.06. The third kappa shape index (κ3) is 3.32. The van der Waals surface area contributed by atoms with Gasteiger partial charge in [0.2, 0.25) is 0 Å². The van der Waals surface area contributed by atoms with Gasteiger partial charge in [0, 0.05) is 17.7 Å². The van der Waals surface area contributed by atoms with Gasteiger partial charge in [0.05, 0.1) is 28.2 Å². The van der Waals surface area contributed by atoms with Gasteiger partial charge >= 0.3 is 6.18 Å². The number of hydrogen-bond donors (Lipinski definition) is 3. The monoisotopic (exact) mass is 401 g/mol. The van der Waals surface area contributed by atoms with Crippen LogP contribution in [0.5, 0.6) is 0 Å². The van der Waals surface area contributed by atoms with E-state index in [0.29, 0.717) is 47.7 Å². The van der Waals surface area contributed by atoms with E-state index in [-0.39, 0.29) is 11.3 Å². The third-order valence-electron chi connectivity index (χ3n) is 5.04. The van der Waals surface area contributed by atoms with Crippen molar-refractivity contribution in [1.29, 1.82) is 0 Å². The van der Waals surface area contributed by atoms with Gasteiger partial charge in [-0.2, -0.15) is 13.2 Å². The van der Waals surface area contributed by atoms with Crippen LogP contribution < -0.4 is 11.1 Å². The molecule has 0 saturated carbocycles. The van der Waals surface area contributed by atoms with E-state index in [0.717, 1.165) is 17.7 Å². The highest BCUT2D eigenvalue weighted by molar-refractivity contribution is 6.01. The lowest BCUT2D eigenvalue weighted by Gasteiger charge is -2.13. The largest absolute Gasteiger partial charge is 0.416 e. The number of nitrogens with two attached hydrogens (primary N) is 1. The van der Waals surface area contributed by atoms with E-state index in [9.17, 15) is 18.0 Å². The molecule has 2 aromatic heterocycles. The van der Waals surface area contributed by atoms with E-state index in [1.54, 1.807) is 0 Å². The topological polar surface area (TPSA) is 96.7 Å². The second-order valence-electron chi connectivity index (χ2n) is 6.79. The summed E-state index contributed by atoms with van der Waals surface area (Å²) in [6.45, 7) is 2.55. The summed E-state index contributed by atoms with van der Waals surface area (Å²) in [7, 11) is 0. The Hall–Kier alpha value is -3.36. The van der Waals surface area contributed by atoms with E-state index in [4.69, 9.17) is 5.73 Å². The van der Waals surface area contributed by atoms with E-state index >= 15 is 0 Å². The van der Waals surface area contributed by atoms with Gasteiger partial charge in [-0.15, -0.1) is 0 Å². The highest BCUT2D eigenvalue weighted by Crippen LogP contribution is 2.37. The average Bonchev–Trinajstić information content (AvgIpc) is 3.33. The number of hydrogen-bond acceptors (Lipinski definition) is 4. The van der Waals surface area contributed by atoms with Crippen molar-refractivity contribution < 1.29 is 18.0 Å². The molecule has 29 heavy (non-hydrogen) atoms. The van der Waals surface area contributed by atoms with Gasteiger partial charge in [-0.3, -0.25) is 4.79 Å². The SMILES string of the molecule is CCc1ccc(C(F)(F)F)cc1-c1[nH]c(-c2ncnc3c2CCN3)cc1C(N)=O. The number of carbonyl (C=O) groups is 1. The molecule has 1 amide bonds. The summed E-state index contributed by atoms with van der Waals surface area (Å²) in [5.74, 6) is -0.0223. The van der Waals surface area contributed by atoms with Crippen LogP contribution in [-0.4, -0.2) is 27.4 Å². The molecular weight excluding hydrogens is 383 g/mol. The fourth-order valence-corrected chi connectivity index (χ4v) is 3.62. The van der Waals surface area contributed by atoms with Crippen LogP contribution in [0, 0.1) is 0 Å². The molecule has 0 saturated heterocycles. The molecule has 1 aliphatic rings. The van der Waals surface area contributed by atoms with E-state index in [1.165, 1.54) is 18.5 Å². The first-order valence-electron chi connectivity index (χ1n) is 9.11. The Balaban J connectivity index is 1.92. The molecule has 0 fully saturated rings. The lowest BCUT2D eigenvalue weighted by Crippen LogP contribution is -2.12. The van der Waals surface area contributed by atoms with Crippen molar-refractivity contribution in [3.8, 4) is 22.6 Å². The number of nitrogens with one attached hydrogen (secondary N) is 2. The van der Waals surface area contributed by atoms with Gasteiger partial charge in [0.15, 0.2) is 0 Å². The molecule has 0 spiro atoms. The number of rotatable bonds is 4. The number of aryl methyl sites for hydroxylation is 1. The Kier molecular flexibility index (Phi) is 4.52. The summed E-state index contributed by atoms with van der Waals surface area (Å²) < 4.78 is 39.8. The molecule has 6 nitrogen and oxygen atoms in total. The maximum atomic E-state index is 13.3.